The second kappa shape index (κ2) is 34.8. The van der Waals surface area contributed by atoms with E-state index in [2.05, 4.69) is 55.6 Å². The third kappa shape index (κ3) is 31.6. The normalized spacial score (nSPS) is 13.7. The summed E-state index contributed by atoms with van der Waals surface area (Å²) < 4.78 is 0. The molecule has 4 heteroatoms. The van der Waals surface area contributed by atoms with Crippen LogP contribution in [0.2, 0.25) is 0 Å². The Labute approximate surface area is 267 Å². The van der Waals surface area contributed by atoms with Crippen molar-refractivity contribution in [3.8, 4) is 0 Å². The maximum atomic E-state index is 12.3. The molecular formula is C39H71NO3. The first kappa shape index (κ1) is 41.4. The monoisotopic (exact) mass is 602 g/mol. The maximum Gasteiger partial charge on any atom is 0.220 e. The molecule has 0 aromatic carbocycles. The molecule has 0 aromatic heterocycles. The summed E-state index contributed by atoms with van der Waals surface area (Å²) >= 11 is 0. The zero-order valence-electron chi connectivity index (χ0n) is 28.5. The number of amides is 1. The van der Waals surface area contributed by atoms with Crippen LogP contribution in [-0.2, 0) is 4.79 Å². The summed E-state index contributed by atoms with van der Waals surface area (Å²) in [6.45, 7) is 4.17. The summed E-state index contributed by atoms with van der Waals surface area (Å²) in [5.41, 5.74) is 0. The molecule has 0 bridgehead atoms. The van der Waals surface area contributed by atoms with Crippen molar-refractivity contribution in [2.24, 2.45) is 0 Å². The Balaban J connectivity index is 3.67. The van der Waals surface area contributed by atoms with E-state index < -0.39 is 12.1 Å². The lowest BCUT2D eigenvalue weighted by molar-refractivity contribution is -0.123. The number of nitrogens with one attached hydrogen (secondary N) is 1. The predicted molar refractivity (Wildman–Crippen MR) is 188 cm³/mol. The minimum Gasteiger partial charge on any atom is -0.394 e. The van der Waals surface area contributed by atoms with Crippen molar-refractivity contribution >= 4 is 5.91 Å². The summed E-state index contributed by atoms with van der Waals surface area (Å²) in [5.74, 6) is -0.0837. The first-order chi connectivity index (χ1) is 21.2. The SMILES string of the molecule is CC/C=C\C/C=C\C/C=C\CCCCCCCC(=O)NC(CO)C(O)/C=C/CCCCCCCCCCCCCCCC. The molecular weight excluding hydrogens is 530 g/mol. The number of carbonyl (C=O) groups is 1. The van der Waals surface area contributed by atoms with Crippen LogP contribution in [0, 0.1) is 0 Å². The van der Waals surface area contributed by atoms with Crippen molar-refractivity contribution in [3.63, 3.8) is 0 Å². The number of hydrogen-bond acceptors (Lipinski definition) is 3. The average Bonchev–Trinajstić information content (AvgIpc) is 3.01. The zero-order chi connectivity index (χ0) is 31.5. The standard InChI is InChI=1S/C39H71NO3/c1-3-5-7-9-11-13-15-17-19-21-22-24-26-28-30-32-34-38(42)37(36-41)40-39(43)35-33-31-29-27-25-23-20-18-16-14-12-10-8-6-4-2/h6,8,12,14,18,20,32,34,37-38,41-42H,3-5,7,9-11,13,15-17,19,21-31,33,35-36H2,1-2H3,(H,40,43)/b8-6-,14-12-,20-18-,34-32+. The van der Waals surface area contributed by atoms with Gasteiger partial charge in [0.2, 0.25) is 5.91 Å². The molecule has 1 amide bonds. The van der Waals surface area contributed by atoms with Crippen LogP contribution < -0.4 is 5.32 Å². The Bertz CT molecular complexity index is 697. The molecule has 0 fully saturated rings. The van der Waals surface area contributed by atoms with Gasteiger partial charge in [0, 0.05) is 6.42 Å². The molecule has 0 spiro atoms. The van der Waals surface area contributed by atoms with Crippen LogP contribution in [0.3, 0.4) is 0 Å². The fourth-order valence-corrected chi connectivity index (χ4v) is 5.25. The summed E-state index contributed by atoms with van der Waals surface area (Å²) in [6.07, 6.45) is 46.2. The number of hydrogen-bond donors (Lipinski definition) is 3. The lowest BCUT2D eigenvalue weighted by Gasteiger charge is -2.20. The van der Waals surface area contributed by atoms with E-state index in [0.717, 1.165) is 57.8 Å². The van der Waals surface area contributed by atoms with Gasteiger partial charge in [0.05, 0.1) is 18.8 Å². The second-order valence-corrected chi connectivity index (χ2v) is 12.3. The molecule has 0 rings (SSSR count). The summed E-state index contributed by atoms with van der Waals surface area (Å²) in [6, 6.07) is -0.630. The van der Waals surface area contributed by atoms with Crippen molar-refractivity contribution in [2.45, 2.75) is 187 Å². The third-order valence-electron chi connectivity index (χ3n) is 8.07. The highest BCUT2D eigenvalue weighted by atomic mass is 16.3. The molecule has 4 nitrogen and oxygen atoms in total. The molecule has 3 N–H and O–H groups in total. The van der Waals surface area contributed by atoms with Gasteiger partial charge in [-0.05, 0) is 51.4 Å². The van der Waals surface area contributed by atoms with Crippen LogP contribution in [-0.4, -0.2) is 34.9 Å². The smallest absolute Gasteiger partial charge is 0.220 e. The molecule has 0 aliphatic carbocycles. The van der Waals surface area contributed by atoms with Gasteiger partial charge in [0.1, 0.15) is 0 Å². The lowest BCUT2D eigenvalue weighted by Crippen LogP contribution is -2.45. The van der Waals surface area contributed by atoms with Crippen molar-refractivity contribution in [1.82, 2.24) is 5.32 Å². The molecule has 2 atom stereocenters. The number of aliphatic hydroxyl groups excluding tert-OH is 2. The minimum atomic E-state index is -0.845. The first-order valence-electron chi connectivity index (χ1n) is 18.4. The molecule has 0 saturated carbocycles. The van der Waals surface area contributed by atoms with Crippen molar-refractivity contribution in [2.75, 3.05) is 6.61 Å². The number of rotatable bonds is 32. The molecule has 43 heavy (non-hydrogen) atoms. The fraction of sp³-hybridized carbons (Fsp3) is 0.769. The molecule has 250 valence electrons. The Morgan fingerprint density at radius 3 is 1.53 bits per heavy atom. The van der Waals surface area contributed by atoms with E-state index in [9.17, 15) is 15.0 Å². The molecule has 0 heterocycles. The lowest BCUT2D eigenvalue weighted by atomic mass is 10.0. The highest BCUT2D eigenvalue weighted by molar-refractivity contribution is 5.76. The number of allylic oxidation sites excluding steroid dienone is 7. The second-order valence-electron chi connectivity index (χ2n) is 12.3. The largest absolute Gasteiger partial charge is 0.394 e. The van der Waals surface area contributed by atoms with Crippen LogP contribution in [0.1, 0.15) is 174 Å². The van der Waals surface area contributed by atoms with Gasteiger partial charge in [-0.1, -0.05) is 165 Å². The Morgan fingerprint density at radius 1 is 0.581 bits per heavy atom. The van der Waals surface area contributed by atoms with E-state index in [4.69, 9.17) is 0 Å². The number of aliphatic hydroxyl groups is 2. The zero-order valence-corrected chi connectivity index (χ0v) is 28.5. The molecule has 0 radical (unpaired) electrons. The molecule has 0 aromatic rings. The molecule has 0 aliphatic rings. The highest BCUT2D eigenvalue weighted by Crippen LogP contribution is 2.14. The van der Waals surface area contributed by atoms with Gasteiger partial charge in [0.25, 0.3) is 0 Å². The third-order valence-corrected chi connectivity index (χ3v) is 8.07. The van der Waals surface area contributed by atoms with E-state index in [-0.39, 0.29) is 12.5 Å². The number of carbonyl (C=O) groups excluding carboxylic acids is 1. The van der Waals surface area contributed by atoms with Gasteiger partial charge in [-0.2, -0.15) is 0 Å². The quantitative estimate of drug-likeness (QED) is 0.0530. The van der Waals surface area contributed by atoms with Gasteiger partial charge in [-0.15, -0.1) is 0 Å². The molecule has 0 aliphatic heterocycles. The molecule has 2 unspecified atom stereocenters. The van der Waals surface area contributed by atoms with E-state index in [1.165, 1.54) is 96.3 Å². The first-order valence-corrected chi connectivity index (χ1v) is 18.4. The van der Waals surface area contributed by atoms with Gasteiger partial charge in [0.15, 0.2) is 0 Å². The number of unbranched alkanes of at least 4 members (excludes halogenated alkanes) is 19. The van der Waals surface area contributed by atoms with E-state index in [1.807, 2.05) is 6.08 Å². The van der Waals surface area contributed by atoms with Crippen LogP contribution >= 0.6 is 0 Å². The minimum absolute atomic E-state index is 0.0837. The average molecular weight is 602 g/mol. The van der Waals surface area contributed by atoms with Gasteiger partial charge in [-0.25, -0.2) is 0 Å². The van der Waals surface area contributed by atoms with Gasteiger partial charge in [-0.3, -0.25) is 4.79 Å². The molecule has 0 saturated heterocycles. The predicted octanol–water partition coefficient (Wildman–Crippen LogP) is 10.8. The van der Waals surface area contributed by atoms with E-state index in [1.54, 1.807) is 6.08 Å². The van der Waals surface area contributed by atoms with E-state index >= 15 is 0 Å². The maximum absolute atomic E-state index is 12.3. The van der Waals surface area contributed by atoms with Gasteiger partial charge < -0.3 is 15.5 Å². The summed E-state index contributed by atoms with van der Waals surface area (Å²) in [4.78, 5) is 12.3. The van der Waals surface area contributed by atoms with Crippen molar-refractivity contribution in [1.29, 1.82) is 0 Å². The van der Waals surface area contributed by atoms with Gasteiger partial charge >= 0.3 is 0 Å². The Hall–Kier alpha value is -1.65. The van der Waals surface area contributed by atoms with Crippen molar-refractivity contribution in [3.05, 3.63) is 48.6 Å². The van der Waals surface area contributed by atoms with Crippen molar-refractivity contribution < 1.29 is 15.0 Å². The fourth-order valence-electron chi connectivity index (χ4n) is 5.25. The van der Waals surface area contributed by atoms with Crippen LogP contribution in [0.15, 0.2) is 48.6 Å². The van der Waals surface area contributed by atoms with Crippen LogP contribution in [0.5, 0.6) is 0 Å². The summed E-state index contributed by atoms with van der Waals surface area (Å²) in [5, 5.41) is 22.9. The van der Waals surface area contributed by atoms with E-state index in [0.29, 0.717) is 6.42 Å². The Morgan fingerprint density at radius 2 is 1.02 bits per heavy atom. The topological polar surface area (TPSA) is 69.6 Å². The van der Waals surface area contributed by atoms with Crippen LogP contribution in [0.4, 0.5) is 0 Å². The van der Waals surface area contributed by atoms with Crippen LogP contribution in [0.25, 0.3) is 0 Å². The Kier molecular flexibility index (Phi) is 33.5. The highest BCUT2D eigenvalue weighted by Gasteiger charge is 2.17. The summed E-state index contributed by atoms with van der Waals surface area (Å²) in [7, 11) is 0.